The highest BCUT2D eigenvalue weighted by Crippen LogP contribution is 2.36. The lowest BCUT2D eigenvalue weighted by molar-refractivity contribution is 0.311. The number of guanidine groups is 1. The van der Waals surface area contributed by atoms with Gasteiger partial charge in [0.15, 0.2) is 27.3 Å². The van der Waals surface area contributed by atoms with Crippen molar-refractivity contribution in [2.24, 2.45) is 4.99 Å². The summed E-state index contributed by atoms with van der Waals surface area (Å²) in [5.74, 6) is 1.87. The number of aliphatic imine (C=N–C) groups is 1. The van der Waals surface area contributed by atoms with E-state index in [-0.39, 0.29) is 29.7 Å². The van der Waals surface area contributed by atoms with Gasteiger partial charge in [-0.05, 0) is 38.5 Å². The molecule has 7 nitrogen and oxygen atoms in total. The molecule has 28 heavy (non-hydrogen) atoms. The van der Waals surface area contributed by atoms with E-state index in [2.05, 4.69) is 10.3 Å². The molecule has 1 heterocycles. The standard InChI is InChI=1S/C18H28ClN3O4S.HI/c1-6-26-16-14(19)9-13(10-15(16)25-5)11-21-17(20-4)22-7-8-27(23,24)18(2,3)12-22;/h9-10H,6-8,11-12H2,1-5H3,(H,20,21);1H. The minimum Gasteiger partial charge on any atom is -0.493 e. The predicted octanol–water partition coefficient (Wildman–Crippen LogP) is 2.95. The molecular weight excluding hydrogens is 517 g/mol. The van der Waals surface area contributed by atoms with E-state index in [0.29, 0.717) is 48.7 Å². The summed E-state index contributed by atoms with van der Waals surface area (Å²) in [6.45, 7) is 7.15. The van der Waals surface area contributed by atoms with Crippen LogP contribution in [0.5, 0.6) is 11.5 Å². The summed E-state index contributed by atoms with van der Waals surface area (Å²) in [5, 5.41) is 3.76. The van der Waals surface area contributed by atoms with E-state index in [1.54, 1.807) is 28.0 Å². The molecule has 0 spiro atoms. The summed E-state index contributed by atoms with van der Waals surface area (Å²) in [5.41, 5.74) is 0.908. The Kier molecular flexibility index (Phi) is 9.14. The van der Waals surface area contributed by atoms with Crippen LogP contribution in [0.1, 0.15) is 26.3 Å². The topological polar surface area (TPSA) is 80.2 Å². The van der Waals surface area contributed by atoms with Crippen LogP contribution in [-0.2, 0) is 16.4 Å². The number of nitrogens with zero attached hydrogens (tertiary/aromatic N) is 2. The van der Waals surface area contributed by atoms with E-state index in [9.17, 15) is 8.42 Å². The van der Waals surface area contributed by atoms with Gasteiger partial charge < -0.3 is 19.7 Å². The number of nitrogens with one attached hydrogen (secondary N) is 1. The van der Waals surface area contributed by atoms with Crippen molar-refractivity contribution >= 4 is 51.4 Å². The van der Waals surface area contributed by atoms with Gasteiger partial charge in [0.25, 0.3) is 0 Å². The molecule has 0 radical (unpaired) electrons. The minimum atomic E-state index is -3.10. The Morgan fingerprint density at radius 2 is 2.07 bits per heavy atom. The molecule has 1 aromatic rings. The second-order valence-corrected chi connectivity index (χ2v) is 10.1. The Bertz CT molecular complexity index is 815. The highest BCUT2D eigenvalue weighted by atomic mass is 127. The van der Waals surface area contributed by atoms with Crippen molar-refractivity contribution in [3.63, 3.8) is 0 Å². The van der Waals surface area contributed by atoms with Crippen LogP contribution in [-0.4, -0.2) is 63.6 Å². The maximum Gasteiger partial charge on any atom is 0.193 e. The Labute approximate surface area is 189 Å². The molecule has 0 aliphatic carbocycles. The third-order valence-corrected chi connectivity index (χ3v) is 7.40. The van der Waals surface area contributed by atoms with Crippen molar-refractivity contribution in [2.45, 2.75) is 32.1 Å². The van der Waals surface area contributed by atoms with Gasteiger partial charge in [-0.3, -0.25) is 4.99 Å². The van der Waals surface area contributed by atoms with Crippen molar-refractivity contribution < 1.29 is 17.9 Å². The largest absolute Gasteiger partial charge is 0.493 e. The number of methoxy groups -OCH3 is 1. The first kappa shape index (κ1) is 25.1. The van der Waals surface area contributed by atoms with Crippen LogP contribution in [0.25, 0.3) is 0 Å². The molecule has 0 saturated carbocycles. The number of benzene rings is 1. The Balaban J connectivity index is 0.00000392. The highest BCUT2D eigenvalue weighted by Gasteiger charge is 2.40. The van der Waals surface area contributed by atoms with Gasteiger partial charge in [0.1, 0.15) is 0 Å². The maximum absolute atomic E-state index is 12.2. The average Bonchev–Trinajstić information content (AvgIpc) is 2.60. The van der Waals surface area contributed by atoms with Gasteiger partial charge in [0.05, 0.1) is 29.2 Å². The molecule has 1 aromatic carbocycles. The SMILES string of the molecule is CCOc1c(Cl)cc(CNC(=NC)N2CCS(=O)(=O)C(C)(C)C2)cc1OC.I. The normalized spacial score (nSPS) is 18.2. The zero-order valence-electron chi connectivity index (χ0n) is 16.9. The van der Waals surface area contributed by atoms with Gasteiger partial charge in [-0.25, -0.2) is 8.42 Å². The molecule has 2 rings (SSSR count). The van der Waals surface area contributed by atoms with E-state index in [4.69, 9.17) is 21.1 Å². The lowest BCUT2D eigenvalue weighted by Gasteiger charge is -2.39. The predicted molar refractivity (Wildman–Crippen MR) is 124 cm³/mol. The van der Waals surface area contributed by atoms with Gasteiger partial charge in [0, 0.05) is 26.7 Å². The van der Waals surface area contributed by atoms with E-state index in [1.165, 1.54) is 0 Å². The van der Waals surface area contributed by atoms with Crippen LogP contribution < -0.4 is 14.8 Å². The van der Waals surface area contributed by atoms with E-state index in [1.807, 2.05) is 24.0 Å². The van der Waals surface area contributed by atoms with Crippen molar-refractivity contribution in [2.75, 3.05) is 39.6 Å². The highest BCUT2D eigenvalue weighted by molar-refractivity contribution is 14.0. The van der Waals surface area contributed by atoms with Gasteiger partial charge in [-0.2, -0.15) is 0 Å². The van der Waals surface area contributed by atoms with Crippen LogP contribution in [0.15, 0.2) is 17.1 Å². The first-order chi connectivity index (χ1) is 12.6. The monoisotopic (exact) mass is 545 g/mol. The second kappa shape index (κ2) is 10.2. The zero-order chi connectivity index (χ0) is 20.2. The van der Waals surface area contributed by atoms with Crippen LogP contribution in [0.3, 0.4) is 0 Å². The van der Waals surface area contributed by atoms with Crippen molar-refractivity contribution in [1.82, 2.24) is 10.2 Å². The molecule has 0 amide bonds. The fraction of sp³-hybridized carbons (Fsp3) is 0.611. The van der Waals surface area contributed by atoms with Gasteiger partial charge in [0.2, 0.25) is 0 Å². The lowest BCUT2D eigenvalue weighted by Crippen LogP contribution is -2.57. The number of hydrogen-bond acceptors (Lipinski definition) is 5. The number of hydrogen-bond donors (Lipinski definition) is 1. The quantitative estimate of drug-likeness (QED) is 0.348. The Morgan fingerprint density at radius 1 is 1.39 bits per heavy atom. The lowest BCUT2D eigenvalue weighted by atomic mass is 10.2. The van der Waals surface area contributed by atoms with Crippen LogP contribution in [0.4, 0.5) is 0 Å². The summed E-state index contributed by atoms with van der Waals surface area (Å²) < 4.78 is 34.5. The van der Waals surface area contributed by atoms with Crippen LogP contribution in [0, 0.1) is 0 Å². The van der Waals surface area contributed by atoms with E-state index < -0.39 is 14.6 Å². The summed E-state index contributed by atoms with van der Waals surface area (Å²) >= 11 is 6.32. The average molecular weight is 546 g/mol. The summed E-state index contributed by atoms with van der Waals surface area (Å²) in [6.07, 6.45) is 0. The molecule has 10 heteroatoms. The third kappa shape index (κ3) is 5.56. The summed E-state index contributed by atoms with van der Waals surface area (Å²) in [6, 6.07) is 3.68. The van der Waals surface area contributed by atoms with Gasteiger partial charge in [-0.1, -0.05) is 11.6 Å². The molecule has 0 bridgehead atoms. The molecule has 1 aliphatic heterocycles. The molecule has 1 N–H and O–H groups in total. The fourth-order valence-electron chi connectivity index (χ4n) is 3.00. The summed E-state index contributed by atoms with van der Waals surface area (Å²) in [7, 11) is 0.155. The number of rotatable bonds is 5. The molecule has 1 saturated heterocycles. The molecule has 0 atom stereocenters. The molecule has 0 aromatic heterocycles. The fourth-order valence-corrected chi connectivity index (χ4v) is 4.65. The smallest absolute Gasteiger partial charge is 0.193 e. The van der Waals surface area contributed by atoms with Crippen molar-refractivity contribution in [1.29, 1.82) is 0 Å². The number of halogens is 2. The third-order valence-electron chi connectivity index (χ3n) is 4.58. The van der Waals surface area contributed by atoms with Gasteiger partial charge >= 0.3 is 0 Å². The van der Waals surface area contributed by atoms with E-state index >= 15 is 0 Å². The molecule has 1 aliphatic rings. The summed E-state index contributed by atoms with van der Waals surface area (Å²) in [4.78, 5) is 6.27. The molecular formula is C18H29ClIN3O4S. The van der Waals surface area contributed by atoms with Crippen LogP contribution >= 0.6 is 35.6 Å². The molecule has 160 valence electrons. The first-order valence-electron chi connectivity index (χ1n) is 8.82. The zero-order valence-corrected chi connectivity index (χ0v) is 20.8. The van der Waals surface area contributed by atoms with Crippen molar-refractivity contribution in [3.8, 4) is 11.5 Å². The Morgan fingerprint density at radius 3 is 2.61 bits per heavy atom. The van der Waals surface area contributed by atoms with Gasteiger partial charge in [-0.15, -0.1) is 24.0 Å². The second-order valence-electron chi connectivity index (χ2n) is 6.94. The number of sulfone groups is 1. The first-order valence-corrected chi connectivity index (χ1v) is 10.8. The maximum atomic E-state index is 12.2. The Hall–Kier alpha value is -0.940. The molecule has 1 fully saturated rings. The van der Waals surface area contributed by atoms with Crippen molar-refractivity contribution in [3.05, 3.63) is 22.7 Å². The van der Waals surface area contributed by atoms with Crippen LogP contribution in [0.2, 0.25) is 5.02 Å². The minimum absolute atomic E-state index is 0. The van der Waals surface area contributed by atoms with E-state index in [0.717, 1.165) is 5.56 Å². The molecule has 0 unspecified atom stereocenters. The number of ether oxygens (including phenoxy) is 2.